The minimum atomic E-state index is -3.49. The van der Waals surface area contributed by atoms with Crippen LogP contribution in [0, 0.1) is 0 Å². The van der Waals surface area contributed by atoms with Gasteiger partial charge < -0.3 is 9.64 Å². The monoisotopic (exact) mass is 416 g/mol. The Balaban J connectivity index is 1.63. The first kappa shape index (κ1) is 20.9. The van der Waals surface area contributed by atoms with E-state index in [0.29, 0.717) is 37.8 Å². The molecule has 0 radical (unpaired) electrons. The normalized spacial score (nSPS) is 16.7. The smallest absolute Gasteiger partial charge is 0.303 e. The molecule has 0 spiro atoms. The second kappa shape index (κ2) is 9.15. The first-order valence-electron chi connectivity index (χ1n) is 9.33. The topological polar surface area (TPSA) is 92.7 Å². The largest absolute Gasteiger partial charge is 0.455 e. The lowest BCUT2D eigenvalue weighted by atomic mass is 10.2. The number of nitrogens with zero attached hydrogens (tertiary/aromatic N) is 4. The van der Waals surface area contributed by atoms with E-state index in [9.17, 15) is 13.2 Å². The predicted molar refractivity (Wildman–Crippen MR) is 110 cm³/mol. The van der Waals surface area contributed by atoms with Crippen LogP contribution in [-0.4, -0.2) is 54.8 Å². The van der Waals surface area contributed by atoms with Gasteiger partial charge in [-0.25, -0.2) is 18.4 Å². The van der Waals surface area contributed by atoms with Gasteiger partial charge in [0.1, 0.15) is 5.82 Å². The van der Waals surface area contributed by atoms with Gasteiger partial charge in [0, 0.05) is 44.7 Å². The average molecular weight is 417 g/mol. The number of aromatic nitrogens is 2. The number of carbonyl (C=O) groups excluding carboxylic acids is 1. The minimum absolute atomic E-state index is 0.361. The fraction of sp³-hybridized carbons (Fsp3) is 0.350. The number of hydrogen-bond donors (Lipinski definition) is 0. The van der Waals surface area contributed by atoms with Crippen molar-refractivity contribution in [3.63, 3.8) is 0 Å². The first-order chi connectivity index (χ1) is 13.8. The number of piperazine rings is 1. The molecule has 1 atom stereocenters. The lowest BCUT2D eigenvalue weighted by Gasteiger charge is -2.34. The van der Waals surface area contributed by atoms with E-state index >= 15 is 0 Å². The maximum atomic E-state index is 12.6. The Bertz CT molecular complexity index is 971. The number of rotatable bonds is 6. The summed E-state index contributed by atoms with van der Waals surface area (Å²) < 4.78 is 31.8. The van der Waals surface area contributed by atoms with Crippen molar-refractivity contribution in [2.45, 2.75) is 20.0 Å². The third-order valence-electron chi connectivity index (χ3n) is 4.52. The highest BCUT2D eigenvalue weighted by atomic mass is 32.2. The maximum Gasteiger partial charge on any atom is 0.303 e. The molecule has 3 rings (SSSR count). The van der Waals surface area contributed by atoms with Crippen molar-refractivity contribution in [1.29, 1.82) is 0 Å². The van der Waals surface area contributed by atoms with E-state index in [1.54, 1.807) is 25.3 Å². The van der Waals surface area contributed by atoms with Crippen LogP contribution in [0.15, 0.2) is 48.0 Å². The molecule has 1 aliphatic heterocycles. The molecule has 1 fully saturated rings. The molecule has 0 saturated carbocycles. The third-order valence-corrected chi connectivity index (χ3v) is 6.09. The Morgan fingerprint density at radius 2 is 1.83 bits per heavy atom. The van der Waals surface area contributed by atoms with Crippen LogP contribution in [0.5, 0.6) is 0 Å². The van der Waals surface area contributed by atoms with Gasteiger partial charge in [0.15, 0.2) is 11.9 Å². The molecular formula is C20H24N4O4S. The van der Waals surface area contributed by atoms with E-state index in [-0.39, 0.29) is 0 Å². The highest BCUT2D eigenvalue weighted by molar-refractivity contribution is 7.92. The van der Waals surface area contributed by atoms with Crippen LogP contribution in [-0.2, 0) is 19.6 Å². The van der Waals surface area contributed by atoms with Gasteiger partial charge in [0.25, 0.3) is 0 Å². The van der Waals surface area contributed by atoms with Crippen molar-refractivity contribution in [3.8, 4) is 0 Å². The highest BCUT2D eigenvalue weighted by Crippen LogP contribution is 2.19. The molecule has 1 aromatic heterocycles. The lowest BCUT2D eigenvalue weighted by Crippen LogP contribution is -2.48. The van der Waals surface area contributed by atoms with Gasteiger partial charge in [0.2, 0.25) is 10.0 Å². The highest BCUT2D eigenvalue weighted by Gasteiger charge is 2.26. The molecule has 9 heteroatoms. The molecule has 1 aliphatic rings. The van der Waals surface area contributed by atoms with Crippen molar-refractivity contribution in [2.75, 3.05) is 31.1 Å². The Morgan fingerprint density at radius 1 is 1.14 bits per heavy atom. The van der Waals surface area contributed by atoms with Crippen LogP contribution in [0.1, 0.15) is 31.3 Å². The van der Waals surface area contributed by atoms with Crippen LogP contribution in [0.3, 0.4) is 0 Å². The molecule has 1 saturated heterocycles. The van der Waals surface area contributed by atoms with Crippen LogP contribution in [0.2, 0.25) is 0 Å². The molecule has 154 valence electrons. The van der Waals surface area contributed by atoms with Crippen LogP contribution in [0.4, 0.5) is 5.82 Å². The molecule has 1 unspecified atom stereocenters. The number of anilines is 1. The summed E-state index contributed by atoms with van der Waals surface area (Å²) in [4.78, 5) is 21.8. The summed E-state index contributed by atoms with van der Waals surface area (Å²) >= 11 is 0. The number of hydrogen-bond acceptors (Lipinski definition) is 7. The molecule has 0 N–H and O–H groups in total. The molecule has 2 heterocycles. The SMILES string of the molecule is CC(=O)OC(C)c1nccc(N2CCN(S(=O)(=O)/C=C/c3ccccc3)CC2)n1. The average Bonchev–Trinajstić information content (AvgIpc) is 2.73. The number of ether oxygens (including phenoxy) is 1. The molecule has 29 heavy (non-hydrogen) atoms. The Hall–Kier alpha value is -2.78. The van der Waals surface area contributed by atoms with Crippen molar-refractivity contribution in [1.82, 2.24) is 14.3 Å². The summed E-state index contributed by atoms with van der Waals surface area (Å²) in [5.74, 6) is 0.707. The van der Waals surface area contributed by atoms with Crippen molar-refractivity contribution < 1.29 is 17.9 Å². The molecule has 0 bridgehead atoms. The minimum Gasteiger partial charge on any atom is -0.455 e. The summed E-state index contributed by atoms with van der Waals surface area (Å²) in [7, 11) is -3.49. The molecule has 0 amide bonds. The van der Waals surface area contributed by atoms with Gasteiger partial charge >= 0.3 is 5.97 Å². The second-order valence-electron chi connectivity index (χ2n) is 6.67. The van der Waals surface area contributed by atoms with Crippen LogP contribution >= 0.6 is 0 Å². The summed E-state index contributed by atoms with van der Waals surface area (Å²) in [5.41, 5.74) is 0.838. The lowest BCUT2D eigenvalue weighted by molar-refractivity contribution is -0.146. The van der Waals surface area contributed by atoms with E-state index in [1.807, 2.05) is 35.2 Å². The second-order valence-corrected chi connectivity index (χ2v) is 8.49. The summed E-state index contributed by atoms with van der Waals surface area (Å²) in [6.45, 7) is 4.80. The summed E-state index contributed by atoms with van der Waals surface area (Å²) in [6.07, 6.45) is 2.68. The number of sulfonamides is 1. The predicted octanol–water partition coefficient (Wildman–Crippen LogP) is 2.22. The Labute approximate surface area is 170 Å². The quantitative estimate of drug-likeness (QED) is 0.667. The zero-order chi connectivity index (χ0) is 20.9. The van der Waals surface area contributed by atoms with Gasteiger partial charge in [-0.3, -0.25) is 4.79 Å². The van der Waals surface area contributed by atoms with E-state index in [2.05, 4.69) is 9.97 Å². The van der Waals surface area contributed by atoms with Crippen molar-refractivity contribution >= 4 is 27.9 Å². The molecule has 0 aliphatic carbocycles. The Kier molecular flexibility index (Phi) is 6.60. The standard InChI is InChI=1S/C20H24N4O4S/c1-16(28-17(2)25)20-21-10-8-19(22-20)23-11-13-24(14-12-23)29(26,27)15-9-18-6-4-3-5-7-18/h3-10,15-16H,11-14H2,1-2H3/b15-9+. The zero-order valence-corrected chi connectivity index (χ0v) is 17.2. The molecule has 2 aromatic rings. The molecule has 1 aromatic carbocycles. The van der Waals surface area contributed by atoms with Gasteiger partial charge in [0.05, 0.1) is 0 Å². The van der Waals surface area contributed by atoms with Crippen LogP contribution in [0.25, 0.3) is 6.08 Å². The van der Waals surface area contributed by atoms with Gasteiger partial charge in [-0.2, -0.15) is 4.31 Å². The van der Waals surface area contributed by atoms with Gasteiger partial charge in [-0.15, -0.1) is 0 Å². The zero-order valence-electron chi connectivity index (χ0n) is 16.4. The van der Waals surface area contributed by atoms with Crippen LogP contribution < -0.4 is 4.90 Å². The van der Waals surface area contributed by atoms with Gasteiger partial charge in [-0.1, -0.05) is 30.3 Å². The van der Waals surface area contributed by atoms with Crippen molar-refractivity contribution in [2.24, 2.45) is 0 Å². The third kappa shape index (κ3) is 5.61. The maximum absolute atomic E-state index is 12.6. The summed E-state index contributed by atoms with van der Waals surface area (Å²) in [5, 5.41) is 1.25. The van der Waals surface area contributed by atoms with Gasteiger partial charge in [-0.05, 0) is 24.6 Å². The molecular weight excluding hydrogens is 392 g/mol. The Morgan fingerprint density at radius 3 is 2.48 bits per heavy atom. The van der Waals surface area contributed by atoms with E-state index < -0.39 is 22.1 Å². The fourth-order valence-corrected chi connectivity index (χ4v) is 4.20. The van der Waals surface area contributed by atoms with E-state index in [1.165, 1.54) is 16.6 Å². The number of esters is 1. The fourth-order valence-electron chi connectivity index (χ4n) is 3.02. The first-order valence-corrected chi connectivity index (χ1v) is 10.8. The van der Waals surface area contributed by atoms with E-state index in [0.717, 1.165) is 5.56 Å². The number of carbonyl (C=O) groups is 1. The molecule has 8 nitrogen and oxygen atoms in total. The van der Waals surface area contributed by atoms with Crippen molar-refractivity contribution in [3.05, 3.63) is 59.4 Å². The van der Waals surface area contributed by atoms with E-state index in [4.69, 9.17) is 4.74 Å². The number of benzene rings is 1. The summed E-state index contributed by atoms with van der Waals surface area (Å²) in [6, 6.07) is 11.1.